The van der Waals surface area contributed by atoms with Gasteiger partial charge in [-0.2, -0.15) is 15.3 Å². The molecule has 2 aromatic carbocycles. The quantitative estimate of drug-likeness (QED) is 0.224. The zero-order valence-corrected chi connectivity index (χ0v) is 34.9. The van der Waals surface area contributed by atoms with Gasteiger partial charge in [0.2, 0.25) is 0 Å². The second kappa shape index (κ2) is 15.1. The van der Waals surface area contributed by atoms with E-state index < -0.39 is 0 Å². The van der Waals surface area contributed by atoms with Crippen molar-refractivity contribution in [3.8, 4) is 11.1 Å². The molecule has 0 N–H and O–H groups in total. The van der Waals surface area contributed by atoms with Crippen molar-refractivity contribution in [3.63, 3.8) is 0 Å². The Bertz CT molecular complexity index is 1960. The number of rotatable bonds is 5. The molecule has 0 aromatic heterocycles. The van der Waals surface area contributed by atoms with Crippen molar-refractivity contribution < 1.29 is 9.59 Å². The van der Waals surface area contributed by atoms with Crippen LogP contribution < -0.4 is 0 Å². The maximum absolute atomic E-state index is 13.3. The number of benzene rings is 2. The van der Waals surface area contributed by atoms with Gasteiger partial charge in [0.05, 0.1) is 38.2 Å². The highest BCUT2D eigenvalue weighted by atomic mass is 35.5. The van der Waals surface area contributed by atoms with Gasteiger partial charge in [0.25, 0.3) is 0 Å². The van der Waals surface area contributed by atoms with Gasteiger partial charge in [-0.25, -0.2) is 0 Å². The van der Waals surface area contributed by atoms with Gasteiger partial charge in [-0.15, -0.1) is 5.11 Å². The molecule has 4 rings (SSSR count). The van der Waals surface area contributed by atoms with Crippen LogP contribution in [0.3, 0.4) is 0 Å². The molecule has 0 saturated carbocycles. The maximum Gasteiger partial charge on any atom is 0.186 e. The Morgan fingerprint density at radius 2 is 0.808 bits per heavy atom. The van der Waals surface area contributed by atoms with Gasteiger partial charge in [-0.05, 0) is 74.8 Å². The molecule has 0 atom stereocenters. The summed E-state index contributed by atoms with van der Waals surface area (Å²) in [5.74, 6) is 0.0910. The third-order valence-electron chi connectivity index (χ3n) is 8.60. The minimum atomic E-state index is -0.361. The Labute approximate surface area is 328 Å². The molecule has 2 aromatic rings. The smallest absolute Gasteiger partial charge is 0.186 e. The Balaban J connectivity index is 1.63. The number of carbonyl (C=O) groups is 2. The number of halogens is 4. The molecule has 0 bridgehead atoms. The highest BCUT2D eigenvalue weighted by Gasteiger charge is 2.35. The van der Waals surface area contributed by atoms with Crippen molar-refractivity contribution in [2.45, 2.75) is 83.1 Å². The average Bonchev–Trinajstić information content (AvgIpc) is 3.01. The van der Waals surface area contributed by atoms with Crippen LogP contribution in [0.4, 0.5) is 11.4 Å². The standard InChI is InChI=1S/C42H46Cl4N4O2/c1-39(2,3)27-17-23(18-28(37(27)51)40(4,5)6)21-47-49-26-15-13-25(14-16-26)31-32(43)34(45)36(35(46)33(31)44)50-48-22-24-19-29(41(7,8)9)38(52)30(20-24)42(10,11)12/h13-22H,1-12H3. The summed E-state index contributed by atoms with van der Waals surface area (Å²) in [4.78, 5) is 26.5. The molecule has 10 heteroatoms. The van der Waals surface area contributed by atoms with E-state index in [4.69, 9.17) is 46.4 Å². The molecule has 2 aliphatic carbocycles. The molecule has 0 fully saturated rings. The number of allylic oxidation sites excluding steroid dienone is 10. The van der Waals surface area contributed by atoms with Gasteiger partial charge >= 0.3 is 0 Å². The van der Waals surface area contributed by atoms with Gasteiger partial charge in [0.1, 0.15) is 5.69 Å². The molecule has 0 radical (unpaired) electrons. The summed E-state index contributed by atoms with van der Waals surface area (Å²) in [6, 6.07) is 7.14. The lowest BCUT2D eigenvalue weighted by Gasteiger charge is -2.31. The molecule has 0 saturated heterocycles. The normalized spacial score (nSPS) is 16.4. The highest BCUT2D eigenvalue weighted by Crippen LogP contribution is 2.50. The van der Waals surface area contributed by atoms with Crippen molar-refractivity contribution in [2.75, 3.05) is 0 Å². The van der Waals surface area contributed by atoms with E-state index in [0.717, 1.165) is 22.3 Å². The summed E-state index contributed by atoms with van der Waals surface area (Å²) in [5.41, 5.74) is 4.84. The van der Waals surface area contributed by atoms with Crippen molar-refractivity contribution in [1.82, 2.24) is 0 Å². The molecule has 52 heavy (non-hydrogen) atoms. The lowest BCUT2D eigenvalue weighted by molar-refractivity contribution is -0.114. The number of ketones is 2. The van der Waals surface area contributed by atoms with E-state index in [2.05, 4.69) is 20.5 Å². The summed E-state index contributed by atoms with van der Waals surface area (Å²) >= 11 is 26.9. The van der Waals surface area contributed by atoms with Gasteiger partial charge in [-0.1, -0.05) is 142 Å². The molecule has 0 heterocycles. The SMILES string of the molecule is CC(C)(C)C1=CC(=CN=Nc2ccc(-c3c(Cl)c(Cl)c(N=NC=C4C=C(C(C)(C)C)C(=O)C(C(C)(C)C)=C4)c(Cl)c3Cl)cc2)C=C(C(C)(C)C)C1=O. The first-order valence-electron chi connectivity index (χ1n) is 17.0. The van der Waals surface area contributed by atoms with E-state index in [1.807, 2.05) is 107 Å². The van der Waals surface area contributed by atoms with Crippen molar-refractivity contribution in [3.05, 3.63) is 114 Å². The third kappa shape index (κ3) is 9.20. The lowest BCUT2D eigenvalue weighted by atomic mass is 9.72. The van der Waals surface area contributed by atoms with Crippen LogP contribution in [-0.2, 0) is 9.59 Å². The average molecular weight is 781 g/mol. The van der Waals surface area contributed by atoms with E-state index in [-0.39, 0.29) is 59.0 Å². The fraction of sp³-hybridized carbons (Fsp3) is 0.381. The van der Waals surface area contributed by atoms with Gasteiger partial charge < -0.3 is 0 Å². The van der Waals surface area contributed by atoms with E-state index >= 15 is 0 Å². The molecule has 0 spiro atoms. The summed E-state index contributed by atoms with van der Waals surface area (Å²) in [6.07, 6.45) is 10.6. The first-order chi connectivity index (χ1) is 23.8. The molecular weight excluding hydrogens is 734 g/mol. The number of Topliss-reactive ketones (excluding diaryl/α,β-unsaturated/α-hetero) is 2. The van der Waals surface area contributed by atoms with Crippen LogP contribution in [0.25, 0.3) is 11.1 Å². The van der Waals surface area contributed by atoms with Crippen LogP contribution in [0.1, 0.15) is 83.1 Å². The summed E-state index contributed by atoms with van der Waals surface area (Å²) in [5, 5.41) is 17.7. The largest absolute Gasteiger partial charge is 0.289 e. The Hall–Kier alpha value is -3.42. The second-order valence-corrected chi connectivity index (χ2v) is 18.6. The number of carbonyl (C=O) groups excluding carboxylic acids is 2. The first kappa shape index (κ1) is 41.3. The Kier molecular flexibility index (Phi) is 12.0. The van der Waals surface area contributed by atoms with Gasteiger partial charge in [0.15, 0.2) is 11.6 Å². The molecule has 0 aliphatic heterocycles. The van der Waals surface area contributed by atoms with Crippen LogP contribution in [-0.4, -0.2) is 11.6 Å². The summed E-state index contributed by atoms with van der Waals surface area (Å²) < 4.78 is 0. The van der Waals surface area contributed by atoms with E-state index in [1.54, 1.807) is 36.7 Å². The Morgan fingerprint density at radius 1 is 0.481 bits per heavy atom. The van der Waals surface area contributed by atoms with Crippen LogP contribution in [0, 0.1) is 21.7 Å². The van der Waals surface area contributed by atoms with Crippen LogP contribution >= 0.6 is 46.4 Å². The minimum absolute atomic E-state index is 0.0280. The monoisotopic (exact) mass is 778 g/mol. The minimum Gasteiger partial charge on any atom is -0.289 e. The van der Waals surface area contributed by atoms with Crippen LogP contribution in [0.15, 0.2) is 115 Å². The second-order valence-electron chi connectivity index (χ2n) is 17.1. The van der Waals surface area contributed by atoms with E-state index in [9.17, 15) is 9.59 Å². The number of hydrogen-bond acceptors (Lipinski definition) is 6. The van der Waals surface area contributed by atoms with Crippen molar-refractivity contribution in [1.29, 1.82) is 0 Å². The molecule has 6 nitrogen and oxygen atoms in total. The zero-order chi connectivity index (χ0) is 39.1. The third-order valence-corrected chi connectivity index (χ3v) is 10.3. The molecule has 2 aliphatic rings. The fourth-order valence-corrected chi connectivity index (χ4v) is 6.79. The molecule has 0 amide bonds. The fourth-order valence-electron chi connectivity index (χ4n) is 5.65. The van der Waals surface area contributed by atoms with Gasteiger partial charge in [0, 0.05) is 27.9 Å². The summed E-state index contributed by atoms with van der Waals surface area (Å²) in [6.45, 7) is 24.2. The molecular formula is C42H46Cl4N4O2. The molecule has 274 valence electrons. The van der Waals surface area contributed by atoms with Crippen LogP contribution in [0.5, 0.6) is 0 Å². The lowest BCUT2D eigenvalue weighted by Crippen LogP contribution is -2.27. The Morgan fingerprint density at radius 3 is 1.13 bits per heavy atom. The number of nitrogens with zero attached hydrogens (tertiary/aromatic N) is 4. The number of hydrogen-bond donors (Lipinski definition) is 0. The predicted octanol–water partition coefficient (Wildman–Crippen LogP) is 15.0. The maximum atomic E-state index is 13.3. The zero-order valence-electron chi connectivity index (χ0n) is 31.9. The van der Waals surface area contributed by atoms with Crippen molar-refractivity contribution >= 4 is 69.3 Å². The van der Waals surface area contributed by atoms with E-state index in [0.29, 0.717) is 28.0 Å². The topological polar surface area (TPSA) is 83.6 Å². The first-order valence-corrected chi connectivity index (χ1v) is 18.5. The van der Waals surface area contributed by atoms with Crippen LogP contribution in [0.2, 0.25) is 20.1 Å². The van der Waals surface area contributed by atoms with E-state index in [1.165, 1.54) is 0 Å². The summed E-state index contributed by atoms with van der Waals surface area (Å²) in [7, 11) is 0. The number of azo groups is 2. The van der Waals surface area contributed by atoms with Gasteiger partial charge in [-0.3, -0.25) is 9.59 Å². The van der Waals surface area contributed by atoms with Crippen molar-refractivity contribution in [2.24, 2.45) is 42.1 Å². The predicted molar refractivity (Wildman–Crippen MR) is 217 cm³/mol. The molecule has 0 unspecified atom stereocenters. The highest BCUT2D eigenvalue weighted by molar-refractivity contribution is 6.52.